The van der Waals surface area contributed by atoms with Gasteiger partial charge in [-0.2, -0.15) is 0 Å². The molecule has 1 aromatic carbocycles. The molecule has 0 aliphatic carbocycles. The van der Waals surface area contributed by atoms with Crippen LogP contribution in [-0.2, 0) is 11.3 Å². The monoisotopic (exact) mass is 272 g/mol. The van der Waals surface area contributed by atoms with Gasteiger partial charge in [-0.3, -0.25) is 0 Å². The first-order valence-corrected chi connectivity index (χ1v) is 7.10. The minimum Gasteiger partial charge on any atom is -0.380 e. The molecule has 0 spiro atoms. The third kappa shape index (κ3) is 2.71. The molecular formula is C15H16N2OS. The highest BCUT2D eigenvalue weighted by molar-refractivity contribution is 7.11. The third-order valence-corrected chi connectivity index (χ3v) is 4.04. The molecule has 4 heteroatoms. The van der Waals surface area contributed by atoms with E-state index in [9.17, 15) is 0 Å². The zero-order chi connectivity index (χ0) is 13.1. The van der Waals surface area contributed by atoms with E-state index in [0.717, 1.165) is 5.70 Å². The summed E-state index contributed by atoms with van der Waals surface area (Å²) in [5.41, 5.74) is 10.1. The number of rotatable bonds is 4. The van der Waals surface area contributed by atoms with Crippen LogP contribution in [0.1, 0.15) is 22.0 Å². The summed E-state index contributed by atoms with van der Waals surface area (Å²) in [7, 11) is 1.71. The fraction of sp³-hybridized carbons (Fsp3) is 0.200. The van der Waals surface area contributed by atoms with Gasteiger partial charge in [0.05, 0.1) is 23.2 Å². The van der Waals surface area contributed by atoms with Crippen LogP contribution in [0.25, 0.3) is 5.70 Å². The second kappa shape index (κ2) is 5.57. The maximum Gasteiger partial charge on any atom is 0.0714 e. The molecule has 2 heterocycles. The van der Waals surface area contributed by atoms with Gasteiger partial charge in [0.15, 0.2) is 0 Å². The van der Waals surface area contributed by atoms with Crippen molar-refractivity contribution in [1.82, 2.24) is 10.9 Å². The molecule has 0 saturated heterocycles. The lowest BCUT2D eigenvalue weighted by Gasteiger charge is -2.09. The predicted octanol–water partition coefficient (Wildman–Crippen LogP) is 3.08. The van der Waals surface area contributed by atoms with Gasteiger partial charge in [0.25, 0.3) is 0 Å². The summed E-state index contributed by atoms with van der Waals surface area (Å²) < 4.78 is 5.12. The van der Waals surface area contributed by atoms with Gasteiger partial charge >= 0.3 is 0 Å². The molecule has 1 aliphatic heterocycles. The van der Waals surface area contributed by atoms with Crippen molar-refractivity contribution in [3.8, 4) is 0 Å². The van der Waals surface area contributed by atoms with E-state index in [0.29, 0.717) is 6.61 Å². The summed E-state index contributed by atoms with van der Waals surface area (Å²) in [4.78, 5) is 1.26. The molecular weight excluding hydrogens is 256 g/mol. The van der Waals surface area contributed by atoms with Crippen LogP contribution in [0.2, 0.25) is 0 Å². The van der Waals surface area contributed by atoms with Crippen LogP contribution in [-0.4, -0.2) is 7.11 Å². The molecule has 3 nitrogen and oxygen atoms in total. The van der Waals surface area contributed by atoms with Gasteiger partial charge < -0.3 is 10.2 Å². The lowest BCUT2D eigenvalue weighted by Crippen LogP contribution is -2.26. The Hall–Kier alpha value is -1.62. The van der Waals surface area contributed by atoms with Crippen LogP contribution in [0.15, 0.2) is 47.9 Å². The zero-order valence-electron chi connectivity index (χ0n) is 10.7. The highest BCUT2D eigenvalue weighted by Gasteiger charge is 2.17. The van der Waals surface area contributed by atoms with E-state index in [4.69, 9.17) is 4.74 Å². The molecule has 0 bridgehead atoms. The number of benzene rings is 1. The summed E-state index contributed by atoms with van der Waals surface area (Å²) in [6.45, 7) is 0.660. The molecule has 2 N–H and O–H groups in total. The van der Waals surface area contributed by atoms with Gasteiger partial charge in [-0.25, -0.2) is 5.43 Å². The normalized spacial score (nSPS) is 18.2. The molecule has 1 aliphatic rings. The number of hydrogen-bond donors (Lipinski definition) is 2. The Morgan fingerprint density at radius 1 is 1.21 bits per heavy atom. The van der Waals surface area contributed by atoms with E-state index in [1.807, 2.05) is 0 Å². The first kappa shape index (κ1) is 12.4. The van der Waals surface area contributed by atoms with Gasteiger partial charge in [-0.15, -0.1) is 11.3 Å². The van der Waals surface area contributed by atoms with Crippen molar-refractivity contribution >= 4 is 17.0 Å². The van der Waals surface area contributed by atoms with Crippen molar-refractivity contribution < 1.29 is 4.74 Å². The Balaban J connectivity index is 1.76. The second-order valence-electron chi connectivity index (χ2n) is 4.48. The number of hydrogen-bond acceptors (Lipinski definition) is 4. The molecule has 0 saturated carbocycles. The van der Waals surface area contributed by atoms with Gasteiger partial charge in [-0.1, -0.05) is 30.3 Å². The van der Waals surface area contributed by atoms with Gasteiger partial charge in [0.2, 0.25) is 0 Å². The molecule has 0 amide bonds. The van der Waals surface area contributed by atoms with E-state index >= 15 is 0 Å². The van der Waals surface area contributed by atoms with E-state index in [1.54, 1.807) is 18.4 Å². The summed E-state index contributed by atoms with van der Waals surface area (Å²) in [5.74, 6) is 0. The first-order valence-electron chi connectivity index (χ1n) is 6.22. The fourth-order valence-corrected chi connectivity index (χ4v) is 2.86. The highest BCUT2D eigenvalue weighted by Crippen LogP contribution is 2.26. The van der Waals surface area contributed by atoms with Crippen LogP contribution in [0, 0.1) is 0 Å². The van der Waals surface area contributed by atoms with E-state index in [2.05, 4.69) is 58.7 Å². The Labute approximate surface area is 116 Å². The SMILES string of the molecule is COCc1ccc(C2C=C(c3cccs3)NN2)cc1. The molecule has 2 aromatic rings. The van der Waals surface area contributed by atoms with E-state index < -0.39 is 0 Å². The molecule has 98 valence electrons. The number of nitrogens with one attached hydrogen (secondary N) is 2. The largest absolute Gasteiger partial charge is 0.380 e. The lowest BCUT2D eigenvalue weighted by atomic mass is 10.1. The standard InChI is InChI=1S/C15H16N2OS/c1-18-10-11-4-6-12(7-5-11)13-9-14(17-16-13)15-3-2-8-19-15/h2-9,13,16-17H,10H2,1H3. The Morgan fingerprint density at radius 3 is 2.74 bits per heavy atom. The average Bonchev–Trinajstić information content (AvgIpc) is 3.11. The molecule has 1 aromatic heterocycles. The van der Waals surface area contributed by atoms with Crippen LogP contribution >= 0.6 is 11.3 Å². The minimum absolute atomic E-state index is 0.216. The molecule has 1 atom stereocenters. The van der Waals surface area contributed by atoms with Crippen LogP contribution in [0.3, 0.4) is 0 Å². The summed E-state index contributed by atoms with van der Waals surface area (Å²) in [6, 6.07) is 12.9. The summed E-state index contributed by atoms with van der Waals surface area (Å²) in [6.07, 6.45) is 2.22. The quantitative estimate of drug-likeness (QED) is 0.897. The fourth-order valence-electron chi connectivity index (χ4n) is 2.15. The Morgan fingerprint density at radius 2 is 2.05 bits per heavy atom. The summed E-state index contributed by atoms with van der Waals surface area (Å²) >= 11 is 1.74. The van der Waals surface area contributed by atoms with Gasteiger partial charge in [0.1, 0.15) is 0 Å². The maximum absolute atomic E-state index is 5.12. The molecule has 1 unspecified atom stereocenters. The Bertz CT molecular complexity index is 560. The number of hydrazine groups is 1. The number of ether oxygens (including phenoxy) is 1. The van der Waals surface area contributed by atoms with Gasteiger partial charge in [-0.05, 0) is 28.6 Å². The minimum atomic E-state index is 0.216. The topological polar surface area (TPSA) is 33.3 Å². The molecule has 0 fully saturated rings. The van der Waals surface area contributed by atoms with Crippen molar-refractivity contribution in [2.24, 2.45) is 0 Å². The number of thiophene rings is 1. The van der Waals surface area contributed by atoms with Crippen molar-refractivity contribution in [3.63, 3.8) is 0 Å². The summed E-state index contributed by atoms with van der Waals surface area (Å²) in [5, 5.41) is 2.09. The lowest BCUT2D eigenvalue weighted by molar-refractivity contribution is 0.185. The first-order chi connectivity index (χ1) is 9.36. The smallest absolute Gasteiger partial charge is 0.0714 e. The van der Waals surface area contributed by atoms with Crippen LogP contribution in [0.4, 0.5) is 0 Å². The Kier molecular flexibility index (Phi) is 3.64. The van der Waals surface area contributed by atoms with Crippen molar-refractivity contribution in [2.75, 3.05) is 7.11 Å². The highest BCUT2D eigenvalue weighted by atomic mass is 32.1. The van der Waals surface area contributed by atoms with E-state index in [1.165, 1.54) is 16.0 Å². The van der Waals surface area contributed by atoms with Crippen molar-refractivity contribution in [2.45, 2.75) is 12.6 Å². The van der Waals surface area contributed by atoms with Gasteiger partial charge in [0, 0.05) is 7.11 Å². The average molecular weight is 272 g/mol. The molecule has 19 heavy (non-hydrogen) atoms. The number of methoxy groups -OCH3 is 1. The molecule has 0 radical (unpaired) electrons. The zero-order valence-corrected chi connectivity index (χ0v) is 11.5. The van der Waals surface area contributed by atoms with Crippen LogP contribution in [0.5, 0.6) is 0 Å². The van der Waals surface area contributed by atoms with E-state index in [-0.39, 0.29) is 6.04 Å². The van der Waals surface area contributed by atoms with Crippen molar-refractivity contribution in [3.05, 3.63) is 63.9 Å². The third-order valence-electron chi connectivity index (χ3n) is 3.13. The van der Waals surface area contributed by atoms with Crippen molar-refractivity contribution in [1.29, 1.82) is 0 Å². The van der Waals surface area contributed by atoms with Crippen LogP contribution < -0.4 is 10.9 Å². The molecule has 3 rings (SSSR count). The second-order valence-corrected chi connectivity index (χ2v) is 5.43. The maximum atomic E-state index is 5.12. The predicted molar refractivity (Wildman–Crippen MR) is 78.5 cm³/mol.